The minimum Gasteiger partial charge on any atom is -0.378 e. The van der Waals surface area contributed by atoms with Crippen molar-refractivity contribution in [3.8, 4) is 0 Å². The standard InChI is InChI=1S/C24H41NOS2/c1-3-5-7-9-11-16-20-25(21-17-12-10-8-6-4-2)24(27)28-23(26)22-18-14-13-15-19-22/h13-15,18-19,23,26H,3-12,16-17,20-21H2,1-2H3. The van der Waals surface area contributed by atoms with E-state index >= 15 is 0 Å². The predicted octanol–water partition coefficient (Wildman–Crippen LogP) is 7.72. The van der Waals surface area contributed by atoms with Gasteiger partial charge in [0.05, 0.1) is 0 Å². The summed E-state index contributed by atoms with van der Waals surface area (Å²) in [6, 6.07) is 9.83. The molecule has 1 unspecified atom stereocenters. The van der Waals surface area contributed by atoms with Crippen molar-refractivity contribution in [2.75, 3.05) is 13.1 Å². The molecule has 1 aromatic rings. The molecule has 0 spiro atoms. The molecule has 0 aliphatic rings. The summed E-state index contributed by atoms with van der Waals surface area (Å²) in [6.45, 7) is 6.56. The first-order valence-corrected chi connectivity index (χ1v) is 12.7. The molecule has 0 saturated heterocycles. The van der Waals surface area contributed by atoms with Crippen molar-refractivity contribution >= 4 is 28.3 Å². The summed E-state index contributed by atoms with van der Waals surface area (Å²) in [6.07, 6.45) is 15.6. The number of rotatable bonds is 16. The highest BCUT2D eigenvalue weighted by Crippen LogP contribution is 2.28. The van der Waals surface area contributed by atoms with E-state index in [-0.39, 0.29) is 0 Å². The molecular weight excluding hydrogens is 382 g/mol. The molecular formula is C24H41NOS2. The van der Waals surface area contributed by atoms with Crippen molar-refractivity contribution in [2.45, 2.75) is 96.3 Å². The molecule has 0 amide bonds. The molecule has 0 aliphatic heterocycles. The van der Waals surface area contributed by atoms with Crippen LogP contribution < -0.4 is 0 Å². The number of thiocarbonyl (C=S) groups is 1. The largest absolute Gasteiger partial charge is 0.378 e. The number of benzene rings is 1. The first-order chi connectivity index (χ1) is 13.7. The second-order valence-electron chi connectivity index (χ2n) is 7.67. The highest BCUT2D eigenvalue weighted by Gasteiger charge is 2.16. The topological polar surface area (TPSA) is 23.5 Å². The number of unbranched alkanes of at least 4 members (excludes halogenated alkanes) is 10. The Kier molecular flexibility index (Phi) is 15.7. The lowest BCUT2D eigenvalue weighted by Crippen LogP contribution is -2.30. The van der Waals surface area contributed by atoms with Crippen molar-refractivity contribution in [3.05, 3.63) is 35.9 Å². The zero-order valence-electron chi connectivity index (χ0n) is 18.1. The Bertz CT molecular complexity index is 479. The van der Waals surface area contributed by atoms with Crippen LogP contribution in [-0.4, -0.2) is 27.4 Å². The quantitative estimate of drug-likeness (QED) is 0.167. The first-order valence-electron chi connectivity index (χ1n) is 11.4. The van der Waals surface area contributed by atoms with Crippen LogP contribution in [0.25, 0.3) is 0 Å². The third-order valence-corrected chi connectivity index (χ3v) is 6.62. The van der Waals surface area contributed by atoms with Gasteiger partial charge in [-0.25, -0.2) is 0 Å². The van der Waals surface area contributed by atoms with Gasteiger partial charge < -0.3 is 10.0 Å². The van der Waals surface area contributed by atoms with Crippen molar-refractivity contribution in [2.24, 2.45) is 0 Å². The fourth-order valence-corrected chi connectivity index (χ4v) is 4.59. The number of hydrogen-bond donors (Lipinski definition) is 1. The van der Waals surface area contributed by atoms with Crippen LogP contribution in [-0.2, 0) is 0 Å². The molecule has 0 fully saturated rings. The summed E-state index contributed by atoms with van der Waals surface area (Å²) in [7, 11) is 0. The SMILES string of the molecule is CCCCCCCCN(CCCCCCCC)C(=S)SC(O)c1ccccc1. The van der Waals surface area contributed by atoms with Crippen LogP contribution in [0.5, 0.6) is 0 Å². The molecule has 0 saturated carbocycles. The lowest BCUT2D eigenvalue weighted by molar-refractivity contribution is 0.271. The van der Waals surface area contributed by atoms with Gasteiger partial charge in [0.15, 0.2) is 0 Å². The summed E-state index contributed by atoms with van der Waals surface area (Å²) in [5.41, 5.74) is 0.347. The van der Waals surface area contributed by atoms with Gasteiger partial charge in [-0.1, -0.05) is 132 Å². The van der Waals surface area contributed by atoms with Crippen LogP contribution in [0.15, 0.2) is 30.3 Å². The Labute approximate surface area is 183 Å². The van der Waals surface area contributed by atoms with Gasteiger partial charge in [-0.3, -0.25) is 0 Å². The molecule has 1 N–H and O–H groups in total. The Morgan fingerprint density at radius 3 is 1.79 bits per heavy atom. The van der Waals surface area contributed by atoms with Crippen molar-refractivity contribution < 1.29 is 5.11 Å². The molecule has 1 aromatic carbocycles. The number of aliphatic hydroxyl groups excluding tert-OH is 1. The van der Waals surface area contributed by atoms with Gasteiger partial charge in [-0.05, 0) is 18.4 Å². The molecule has 0 radical (unpaired) electrons. The fraction of sp³-hybridized carbons (Fsp3) is 0.708. The predicted molar refractivity (Wildman–Crippen MR) is 130 cm³/mol. The summed E-state index contributed by atoms with van der Waals surface area (Å²) < 4.78 is 0.846. The van der Waals surface area contributed by atoms with Crippen LogP contribution in [0, 0.1) is 0 Å². The average Bonchev–Trinajstić information content (AvgIpc) is 2.72. The van der Waals surface area contributed by atoms with Crippen LogP contribution in [0.1, 0.15) is 102 Å². The summed E-state index contributed by atoms with van der Waals surface area (Å²) >= 11 is 7.14. The van der Waals surface area contributed by atoms with Crippen molar-refractivity contribution in [1.82, 2.24) is 4.90 Å². The number of aliphatic hydroxyl groups is 1. The first kappa shape index (κ1) is 25.5. The Morgan fingerprint density at radius 2 is 1.29 bits per heavy atom. The minimum absolute atomic E-state index is 0.578. The van der Waals surface area contributed by atoms with Gasteiger partial charge in [-0.15, -0.1) is 0 Å². The van der Waals surface area contributed by atoms with Crippen LogP contribution in [0.4, 0.5) is 0 Å². The zero-order chi connectivity index (χ0) is 20.5. The van der Waals surface area contributed by atoms with E-state index in [2.05, 4.69) is 18.7 Å². The van der Waals surface area contributed by atoms with E-state index in [1.54, 1.807) is 0 Å². The molecule has 0 bridgehead atoms. The normalized spacial score (nSPS) is 12.1. The van der Waals surface area contributed by atoms with Gasteiger partial charge in [0.2, 0.25) is 0 Å². The molecule has 0 aromatic heterocycles. The van der Waals surface area contributed by atoms with Gasteiger partial charge >= 0.3 is 0 Å². The Balaban J connectivity index is 2.43. The number of hydrogen-bond acceptors (Lipinski definition) is 3. The maximum Gasteiger partial charge on any atom is 0.139 e. The Morgan fingerprint density at radius 1 is 0.821 bits per heavy atom. The molecule has 160 valence electrons. The van der Waals surface area contributed by atoms with Crippen LogP contribution in [0.2, 0.25) is 0 Å². The van der Waals surface area contributed by atoms with Gasteiger partial charge in [-0.2, -0.15) is 0 Å². The lowest BCUT2D eigenvalue weighted by Gasteiger charge is -2.26. The van der Waals surface area contributed by atoms with E-state index in [1.165, 1.54) is 88.8 Å². The van der Waals surface area contributed by atoms with E-state index < -0.39 is 5.44 Å². The molecule has 1 rings (SSSR count). The summed E-state index contributed by atoms with van der Waals surface area (Å²) in [5, 5.41) is 10.5. The van der Waals surface area contributed by atoms with Gasteiger partial charge in [0.25, 0.3) is 0 Å². The van der Waals surface area contributed by atoms with E-state index in [9.17, 15) is 5.11 Å². The van der Waals surface area contributed by atoms with Crippen LogP contribution in [0.3, 0.4) is 0 Å². The third kappa shape index (κ3) is 12.1. The molecule has 0 aliphatic carbocycles. The molecule has 0 heterocycles. The molecule has 1 atom stereocenters. The highest BCUT2D eigenvalue weighted by molar-refractivity contribution is 8.22. The van der Waals surface area contributed by atoms with Crippen LogP contribution >= 0.6 is 24.0 Å². The molecule has 4 heteroatoms. The second-order valence-corrected chi connectivity index (χ2v) is 9.38. The Hall–Kier alpha value is -0.580. The van der Waals surface area contributed by atoms with E-state index in [1.807, 2.05) is 30.3 Å². The van der Waals surface area contributed by atoms with Crippen molar-refractivity contribution in [1.29, 1.82) is 0 Å². The number of nitrogens with zero attached hydrogens (tertiary/aromatic N) is 1. The summed E-state index contributed by atoms with van der Waals surface area (Å²) in [5.74, 6) is 0. The maximum absolute atomic E-state index is 10.5. The zero-order valence-corrected chi connectivity index (χ0v) is 19.7. The van der Waals surface area contributed by atoms with Gasteiger partial charge in [0, 0.05) is 13.1 Å². The summed E-state index contributed by atoms with van der Waals surface area (Å²) in [4.78, 5) is 2.34. The second kappa shape index (κ2) is 17.3. The molecule has 28 heavy (non-hydrogen) atoms. The number of thioether (sulfide) groups is 1. The molecule has 2 nitrogen and oxygen atoms in total. The maximum atomic E-state index is 10.5. The van der Waals surface area contributed by atoms with E-state index in [0.29, 0.717) is 0 Å². The average molecular weight is 424 g/mol. The van der Waals surface area contributed by atoms with E-state index in [4.69, 9.17) is 12.2 Å². The van der Waals surface area contributed by atoms with Crippen molar-refractivity contribution in [3.63, 3.8) is 0 Å². The highest BCUT2D eigenvalue weighted by atomic mass is 32.2. The smallest absolute Gasteiger partial charge is 0.139 e. The van der Waals surface area contributed by atoms with Gasteiger partial charge in [0.1, 0.15) is 9.76 Å². The minimum atomic E-state index is -0.578. The van der Waals surface area contributed by atoms with E-state index in [0.717, 1.165) is 23.0 Å². The lowest BCUT2D eigenvalue weighted by atomic mass is 10.1. The third-order valence-electron chi connectivity index (χ3n) is 5.12. The monoisotopic (exact) mass is 423 g/mol. The fourth-order valence-electron chi connectivity index (χ4n) is 3.32.